The summed E-state index contributed by atoms with van der Waals surface area (Å²) in [5.41, 5.74) is 1.35. The largest absolute Gasteiger partial charge is 0.477 e. The number of amides is 1. The Balaban J connectivity index is 1.94. The molecule has 3 rings (SSSR count). The van der Waals surface area contributed by atoms with Crippen LogP contribution in [0.2, 0.25) is 0 Å². The van der Waals surface area contributed by atoms with E-state index in [1.54, 1.807) is 17.2 Å². The topological polar surface area (TPSA) is 108 Å². The van der Waals surface area contributed by atoms with E-state index < -0.39 is 5.97 Å². The average Bonchev–Trinajstić information content (AvgIpc) is 3.04. The third-order valence-corrected chi connectivity index (χ3v) is 5.59. The number of carbonyl (C=O) groups is 2. The van der Waals surface area contributed by atoms with E-state index >= 15 is 0 Å². The predicted molar refractivity (Wildman–Crippen MR) is 108 cm³/mol. The summed E-state index contributed by atoms with van der Waals surface area (Å²) in [5.74, 6) is -0.162. The Labute approximate surface area is 167 Å². The third-order valence-electron chi connectivity index (χ3n) is 4.55. The third kappa shape index (κ3) is 4.23. The van der Waals surface area contributed by atoms with Crippen molar-refractivity contribution in [2.24, 2.45) is 0 Å². The van der Waals surface area contributed by atoms with E-state index in [-0.39, 0.29) is 10.9 Å². The molecule has 28 heavy (non-hydrogen) atoms. The molecule has 0 aliphatic carbocycles. The number of nitrogens with one attached hydrogen (secondary N) is 1. The Bertz CT molecular complexity index is 864. The molecule has 0 aromatic carbocycles. The van der Waals surface area contributed by atoms with E-state index in [4.69, 9.17) is 9.84 Å². The van der Waals surface area contributed by atoms with Gasteiger partial charge in [-0.05, 0) is 25.8 Å². The van der Waals surface area contributed by atoms with E-state index in [2.05, 4.69) is 15.3 Å². The number of aryl methyl sites for hydroxylation is 1. The molecule has 150 valence electrons. The highest BCUT2D eigenvalue weighted by atomic mass is 32.1. The van der Waals surface area contributed by atoms with Gasteiger partial charge < -0.3 is 20.1 Å². The van der Waals surface area contributed by atoms with E-state index in [9.17, 15) is 9.59 Å². The van der Waals surface area contributed by atoms with Crippen molar-refractivity contribution in [2.45, 2.75) is 25.8 Å². The fourth-order valence-corrected chi connectivity index (χ4v) is 3.85. The van der Waals surface area contributed by atoms with Gasteiger partial charge in [-0.25, -0.2) is 9.78 Å². The molecule has 0 bridgehead atoms. The number of rotatable bonds is 7. The van der Waals surface area contributed by atoms with E-state index in [0.29, 0.717) is 30.7 Å². The van der Waals surface area contributed by atoms with Gasteiger partial charge in [-0.3, -0.25) is 9.69 Å². The number of aromatic nitrogens is 2. The van der Waals surface area contributed by atoms with Crippen LogP contribution in [0.1, 0.15) is 27.4 Å². The number of hydrogen-bond acceptors (Lipinski definition) is 8. The minimum atomic E-state index is -0.975. The molecular weight excluding hydrogens is 382 g/mol. The molecule has 2 aromatic heterocycles. The van der Waals surface area contributed by atoms with Gasteiger partial charge in [0.1, 0.15) is 4.88 Å². The van der Waals surface area contributed by atoms with Crippen LogP contribution >= 0.6 is 11.3 Å². The summed E-state index contributed by atoms with van der Waals surface area (Å²) in [6.07, 6.45) is 3.93. The van der Waals surface area contributed by atoms with Gasteiger partial charge in [-0.2, -0.15) is 4.98 Å². The number of nitrogens with zero attached hydrogens (tertiary/aromatic N) is 4. The van der Waals surface area contributed by atoms with Gasteiger partial charge in [0.15, 0.2) is 5.82 Å². The van der Waals surface area contributed by atoms with Crippen molar-refractivity contribution in [3.63, 3.8) is 0 Å². The first-order valence-corrected chi connectivity index (χ1v) is 9.69. The average molecular weight is 405 g/mol. The summed E-state index contributed by atoms with van der Waals surface area (Å²) >= 11 is 1.18. The van der Waals surface area contributed by atoms with Crippen LogP contribution in [0.5, 0.6) is 0 Å². The Morgan fingerprint density at radius 2 is 2.11 bits per heavy atom. The SMILES string of the molecule is Cc1sc(C(=O)O)cc1Nc1ncc(N(C)C)c(N(C=O)C2CCOCC2)n1. The molecule has 1 aliphatic rings. The van der Waals surface area contributed by atoms with Crippen LogP contribution in [0.25, 0.3) is 0 Å². The Morgan fingerprint density at radius 1 is 1.39 bits per heavy atom. The summed E-state index contributed by atoms with van der Waals surface area (Å²) in [7, 11) is 3.73. The van der Waals surface area contributed by atoms with Gasteiger partial charge in [0.05, 0.1) is 17.6 Å². The van der Waals surface area contributed by atoms with Gasteiger partial charge in [0, 0.05) is 38.2 Å². The van der Waals surface area contributed by atoms with Crippen molar-refractivity contribution in [3.05, 3.63) is 22.0 Å². The highest BCUT2D eigenvalue weighted by Crippen LogP contribution is 2.32. The van der Waals surface area contributed by atoms with Crippen molar-refractivity contribution in [1.82, 2.24) is 9.97 Å². The highest BCUT2D eigenvalue weighted by molar-refractivity contribution is 7.14. The molecule has 0 atom stereocenters. The highest BCUT2D eigenvalue weighted by Gasteiger charge is 2.26. The first kappa shape index (κ1) is 20.0. The Kier molecular flexibility index (Phi) is 6.10. The number of carboxylic acids is 1. The van der Waals surface area contributed by atoms with Crippen molar-refractivity contribution < 1.29 is 19.4 Å². The maximum atomic E-state index is 11.9. The molecule has 1 aliphatic heterocycles. The first-order chi connectivity index (χ1) is 13.4. The maximum absolute atomic E-state index is 11.9. The lowest BCUT2D eigenvalue weighted by Crippen LogP contribution is -2.40. The lowest BCUT2D eigenvalue weighted by molar-refractivity contribution is -0.108. The van der Waals surface area contributed by atoms with Gasteiger partial charge in [0.2, 0.25) is 12.4 Å². The monoisotopic (exact) mass is 405 g/mol. The number of thiophene rings is 1. The number of carbonyl (C=O) groups excluding carboxylic acids is 1. The molecular formula is C18H23N5O4S. The maximum Gasteiger partial charge on any atom is 0.345 e. The summed E-state index contributed by atoms with van der Waals surface area (Å²) in [5, 5.41) is 12.2. The lowest BCUT2D eigenvalue weighted by atomic mass is 10.1. The lowest BCUT2D eigenvalue weighted by Gasteiger charge is -2.32. The molecule has 3 heterocycles. The van der Waals surface area contributed by atoms with Crippen LogP contribution in [0.15, 0.2) is 12.3 Å². The second-order valence-corrected chi connectivity index (χ2v) is 7.92. The van der Waals surface area contributed by atoms with Crippen molar-refractivity contribution in [3.8, 4) is 0 Å². The fraction of sp³-hybridized carbons (Fsp3) is 0.444. The van der Waals surface area contributed by atoms with Crippen LogP contribution in [0.4, 0.5) is 23.1 Å². The molecule has 0 radical (unpaired) electrons. The molecule has 2 N–H and O–H groups in total. The molecule has 9 nitrogen and oxygen atoms in total. The van der Waals surface area contributed by atoms with E-state index in [1.807, 2.05) is 25.9 Å². The zero-order valence-corrected chi connectivity index (χ0v) is 16.8. The predicted octanol–water partition coefficient (Wildman–Crippen LogP) is 2.50. The van der Waals surface area contributed by atoms with Crippen LogP contribution in [0, 0.1) is 6.92 Å². The van der Waals surface area contributed by atoms with Crippen molar-refractivity contribution in [1.29, 1.82) is 0 Å². The zero-order chi connectivity index (χ0) is 20.3. The minimum Gasteiger partial charge on any atom is -0.477 e. The second-order valence-electron chi connectivity index (χ2n) is 6.66. The summed E-state index contributed by atoms with van der Waals surface area (Å²) < 4.78 is 5.40. The second kappa shape index (κ2) is 8.53. The Morgan fingerprint density at radius 3 is 2.68 bits per heavy atom. The molecule has 0 spiro atoms. The number of carboxylic acid groups (broad SMARTS) is 1. The molecule has 2 aromatic rings. The summed E-state index contributed by atoms with van der Waals surface area (Å²) in [4.78, 5) is 36.5. The number of anilines is 4. The standard InChI is InChI=1S/C18H23N5O4S/c1-11-13(8-15(28-11)17(25)26)20-18-19-9-14(22(2)3)16(21-18)23(10-24)12-4-6-27-7-5-12/h8-10,12H,4-7H2,1-3H3,(H,25,26)(H,19,20,21). The summed E-state index contributed by atoms with van der Waals surface area (Å²) in [6, 6.07) is 1.57. The van der Waals surface area contributed by atoms with Gasteiger partial charge in [-0.15, -0.1) is 11.3 Å². The van der Waals surface area contributed by atoms with Crippen LogP contribution in [-0.4, -0.2) is 60.8 Å². The first-order valence-electron chi connectivity index (χ1n) is 8.87. The van der Waals surface area contributed by atoms with Crippen LogP contribution in [-0.2, 0) is 9.53 Å². The number of ether oxygens (including phenoxy) is 1. The molecule has 0 saturated carbocycles. The molecule has 1 amide bonds. The number of hydrogen-bond donors (Lipinski definition) is 2. The van der Waals surface area contributed by atoms with Gasteiger partial charge >= 0.3 is 5.97 Å². The van der Waals surface area contributed by atoms with E-state index in [0.717, 1.165) is 29.8 Å². The normalized spacial score (nSPS) is 14.5. The van der Waals surface area contributed by atoms with Gasteiger partial charge in [-0.1, -0.05) is 0 Å². The molecule has 1 fully saturated rings. The molecule has 10 heteroatoms. The Hall–Kier alpha value is -2.72. The van der Waals surface area contributed by atoms with Crippen molar-refractivity contribution in [2.75, 3.05) is 42.4 Å². The zero-order valence-electron chi connectivity index (χ0n) is 16.0. The quantitative estimate of drug-likeness (QED) is 0.677. The fourth-order valence-electron chi connectivity index (χ4n) is 3.04. The van der Waals surface area contributed by atoms with Crippen molar-refractivity contribution >= 4 is 46.9 Å². The van der Waals surface area contributed by atoms with Gasteiger partial charge in [0.25, 0.3) is 0 Å². The minimum absolute atomic E-state index is 0.00852. The van der Waals surface area contributed by atoms with E-state index in [1.165, 1.54) is 11.3 Å². The number of aromatic carboxylic acids is 1. The van der Waals surface area contributed by atoms with Crippen LogP contribution < -0.4 is 15.1 Å². The van der Waals surface area contributed by atoms with Crippen LogP contribution in [0.3, 0.4) is 0 Å². The smallest absolute Gasteiger partial charge is 0.345 e. The molecule has 0 unspecified atom stereocenters. The molecule has 1 saturated heterocycles. The summed E-state index contributed by atoms with van der Waals surface area (Å²) in [6.45, 7) is 3.04.